The largest absolute Gasteiger partial charge is 0.309 e. The van der Waals surface area contributed by atoms with Crippen LogP contribution in [0.3, 0.4) is 0 Å². The van der Waals surface area contributed by atoms with Crippen LogP contribution < -0.4 is 5.32 Å². The van der Waals surface area contributed by atoms with Crippen molar-refractivity contribution in [1.29, 1.82) is 5.26 Å². The van der Waals surface area contributed by atoms with E-state index in [9.17, 15) is 0 Å². The zero-order valence-corrected chi connectivity index (χ0v) is 10.7. The summed E-state index contributed by atoms with van der Waals surface area (Å²) < 4.78 is 0. The molecule has 1 fully saturated rings. The van der Waals surface area contributed by atoms with Crippen LogP contribution in [0, 0.1) is 11.3 Å². The molecular weight excluding hydrogens is 232 g/mol. The Morgan fingerprint density at radius 3 is 2.74 bits per heavy atom. The Bertz CT molecular complexity index is 598. The second-order valence-corrected chi connectivity index (χ2v) is 5.05. The molecule has 1 saturated carbocycles. The van der Waals surface area contributed by atoms with E-state index in [0.717, 1.165) is 12.1 Å². The Balaban J connectivity index is 1.56. The first kappa shape index (κ1) is 12.0. The van der Waals surface area contributed by atoms with Crippen molar-refractivity contribution in [2.45, 2.75) is 24.9 Å². The van der Waals surface area contributed by atoms with Gasteiger partial charge in [-0.2, -0.15) is 5.26 Å². The van der Waals surface area contributed by atoms with Crippen molar-refractivity contribution in [3.8, 4) is 6.07 Å². The van der Waals surface area contributed by atoms with Gasteiger partial charge in [0.15, 0.2) is 0 Å². The summed E-state index contributed by atoms with van der Waals surface area (Å²) >= 11 is 0. The normalized spacial score (nSPS) is 20.8. The predicted molar refractivity (Wildman–Crippen MR) is 75.6 cm³/mol. The van der Waals surface area contributed by atoms with E-state index in [0.29, 0.717) is 12.0 Å². The van der Waals surface area contributed by atoms with Crippen LogP contribution in [0.4, 0.5) is 0 Å². The van der Waals surface area contributed by atoms with Gasteiger partial charge in [-0.25, -0.2) is 0 Å². The van der Waals surface area contributed by atoms with Crippen LogP contribution in [0.25, 0.3) is 0 Å². The van der Waals surface area contributed by atoms with Gasteiger partial charge in [0, 0.05) is 18.5 Å². The van der Waals surface area contributed by atoms with Gasteiger partial charge in [-0.1, -0.05) is 42.5 Å². The number of nitrogens with zero attached hydrogens (tertiary/aromatic N) is 1. The highest BCUT2D eigenvalue weighted by Gasteiger charge is 2.37. The topological polar surface area (TPSA) is 35.8 Å². The van der Waals surface area contributed by atoms with Gasteiger partial charge in [0.25, 0.3) is 0 Å². The van der Waals surface area contributed by atoms with E-state index in [1.165, 1.54) is 17.5 Å². The molecule has 0 aliphatic heterocycles. The number of rotatable bonds is 4. The summed E-state index contributed by atoms with van der Waals surface area (Å²) in [7, 11) is 0. The molecule has 2 nitrogen and oxygen atoms in total. The van der Waals surface area contributed by atoms with Gasteiger partial charge in [-0.15, -0.1) is 0 Å². The van der Waals surface area contributed by atoms with Gasteiger partial charge in [0.1, 0.15) is 0 Å². The molecule has 1 aliphatic carbocycles. The second kappa shape index (κ2) is 5.26. The van der Waals surface area contributed by atoms with Crippen molar-refractivity contribution in [2.75, 3.05) is 0 Å². The lowest BCUT2D eigenvalue weighted by atomic mass is 10.1. The average Bonchev–Trinajstić information content (AvgIpc) is 3.26. The molecule has 2 aromatic rings. The lowest BCUT2D eigenvalue weighted by Gasteiger charge is -2.05. The summed E-state index contributed by atoms with van der Waals surface area (Å²) in [5, 5.41) is 12.4. The third-order valence-electron chi connectivity index (χ3n) is 3.64. The standard InChI is InChI=1S/C17H16N2/c18-11-13-5-4-6-14(9-13)12-19-17-10-16(17)15-7-2-1-3-8-15/h1-9,16-17,19H,10,12H2/t16-,17+/m0/s1. The molecule has 0 amide bonds. The molecule has 0 aromatic heterocycles. The summed E-state index contributed by atoms with van der Waals surface area (Å²) in [5.74, 6) is 0.653. The molecule has 1 aliphatic rings. The number of benzene rings is 2. The van der Waals surface area contributed by atoms with Crippen molar-refractivity contribution in [2.24, 2.45) is 0 Å². The van der Waals surface area contributed by atoms with Crippen molar-refractivity contribution in [3.63, 3.8) is 0 Å². The first-order chi connectivity index (χ1) is 9.36. The van der Waals surface area contributed by atoms with E-state index in [4.69, 9.17) is 5.26 Å². The summed E-state index contributed by atoms with van der Waals surface area (Å²) in [6.45, 7) is 0.837. The van der Waals surface area contributed by atoms with E-state index in [2.05, 4.69) is 47.8 Å². The molecule has 2 heteroatoms. The zero-order chi connectivity index (χ0) is 13.1. The average molecular weight is 248 g/mol. The van der Waals surface area contributed by atoms with Crippen LogP contribution >= 0.6 is 0 Å². The van der Waals surface area contributed by atoms with Crippen molar-refractivity contribution < 1.29 is 0 Å². The Labute approximate surface area is 113 Å². The Hall–Kier alpha value is -2.11. The summed E-state index contributed by atoms with van der Waals surface area (Å²) in [4.78, 5) is 0. The fraction of sp³-hybridized carbons (Fsp3) is 0.235. The second-order valence-electron chi connectivity index (χ2n) is 5.05. The third-order valence-corrected chi connectivity index (χ3v) is 3.64. The van der Waals surface area contributed by atoms with E-state index in [1.807, 2.05) is 18.2 Å². The molecule has 0 spiro atoms. The fourth-order valence-corrected chi connectivity index (χ4v) is 2.49. The summed E-state index contributed by atoms with van der Waals surface area (Å²) in [6, 6.07) is 21.2. The Morgan fingerprint density at radius 1 is 1.11 bits per heavy atom. The molecule has 3 rings (SSSR count). The van der Waals surface area contributed by atoms with Crippen LogP contribution in [-0.4, -0.2) is 6.04 Å². The van der Waals surface area contributed by atoms with Crippen LogP contribution in [0.1, 0.15) is 29.0 Å². The number of hydrogen-bond acceptors (Lipinski definition) is 2. The van der Waals surface area contributed by atoms with Gasteiger partial charge in [0.2, 0.25) is 0 Å². The molecule has 1 N–H and O–H groups in total. The fourth-order valence-electron chi connectivity index (χ4n) is 2.49. The number of nitrogens with one attached hydrogen (secondary N) is 1. The quantitative estimate of drug-likeness (QED) is 0.902. The highest BCUT2D eigenvalue weighted by Crippen LogP contribution is 2.40. The summed E-state index contributed by atoms with van der Waals surface area (Å²) in [6.07, 6.45) is 1.21. The monoisotopic (exact) mass is 248 g/mol. The highest BCUT2D eigenvalue weighted by molar-refractivity contribution is 5.33. The summed E-state index contributed by atoms with van der Waals surface area (Å²) in [5.41, 5.74) is 3.33. The van der Waals surface area contributed by atoms with Crippen molar-refractivity contribution in [1.82, 2.24) is 5.32 Å². The maximum absolute atomic E-state index is 8.87. The first-order valence-electron chi connectivity index (χ1n) is 6.64. The molecule has 2 aromatic carbocycles. The predicted octanol–water partition coefficient (Wildman–Crippen LogP) is 3.20. The first-order valence-corrected chi connectivity index (χ1v) is 6.64. The Kier molecular flexibility index (Phi) is 3.31. The molecule has 0 heterocycles. The Morgan fingerprint density at radius 2 is 1.95 bits per heavy atom. The number of nitriles is 1. The van der Waals surface area contributed by atoms with Crippen LogP contribution in [-0.2, 0) is 6.54 Å². The van der Waals surface area contributed by atoms with Gasteiger partial charge < -0.3 is 5.32 Å². The van der Waals surface area contributed by atoms with Crippen LogP contribution in [0.15, 0.2) is 54.6 Å². The maximum atomic E-state index is 8.87. The van der Waals surface area contributed by atoms with E-state index in [1.54, 1.807) is 0 Å². The molecule has 0 unspecified atom stereocenters. The van der Waals surface area contributed by atoms with E-state index >= 15 is 0 Å². The molecule has 94 valence electrons. The molecule has 2 atom stereocenters. The van der Waals surface area contributed by atoms with E-state index < -0.39 is 0 Å². The molecule has 19 heavy (non-hydrogen) atoms. The third kappa shape index (κ3) is 2.83. The zero-order valence-electron chi connectivity index (χ0n) is 10.7. The highest BCUT2D eigenvalue weighted by atomic mass is 15.0. The van der Waals surface area contributed by atoms with Gasteiger partial charge in [-0.3, -0.25) is 0 Å². The SMILES string of the molecule is N#Cc1cccc(CN[C@@H]2C[C@H]2c2ccccc2)c1. The molecular formula is C17H16N2. The molecule has 0 bridgehead atoms. The van der Waals surface area contributed by atoms with Crippen LogP contribution in [0.5, 0.6) is 0 Å². The minimum absolute atomic E-state index is 0.577. The van der Waals surface area contributed by atoms with Gasteiger partial charge in [0.05, 0.1) is 11.6 Å². The number of hydrogen-bond donors (Lipinski definition) is 1. The van der Waals surface area contributed by atoms with Gasteiger partial charge >= 0.3 is 0 Å². The molecule has 0 radical (unpaired) electrons. The van der Waals surface area contributed by atoms with Crippen molar-refractivity contribution >= 4 is 0 Å². The van der Waals surface area contributed by atoms with Gasteiger partial charge in [-0.05, 0) is 29.7 Å². The lowest BCUT2D eigenvalue weighted by molar-refractivity contribution is 0.672. The maximum Gasteiger partial charge on any atom is 0.0991 e. The minimum atomic E-state index is 0.577. The molecule has 0 saturated heterocycles. The van der Waals surface area contributed by atoms with Crippen LogP contribution in [0.2, 0.25) is 0 Å². The minimum Gasteiger partial charge on any atom is -0.309 e. The lowest BCUT2D eigenvalue weighted by Crippen LogP contribution is -2.17. The van der Waals surface area contributed by atoms with E-state index in [-0.39, 0.29) is 0 Å². The van der Waals surface area contributed by atoms with Crippen molar-refractivity contribution in [3.05, 3.63) is 71.3 Å². The smallest absolute Gasteiger partial charge is 0.0991 e.